The van der Waals surface area contributed by atoms with Gasteiger partial charge in [-0.15, -0.1) is 11.3 Å². The van der Waals surface area contributed by atoms with Gasteiger partial charge in [-0.3, -0.25) is 10.1 Å². The number of carbonyl (C=O) groups is 2. The van der Waals surface area contributed by atoms with Crippen molar-refractivity contribution in [2.24, 2.45) is 0 Å². The normalized spacial score (nSPS) is 11.2. The van der Waals surface area contributed by atoms with E-state index in [0.29, 0.717) is 11.4 Å². The smallest absolute Gasteiger partial charge is 0.397 e. The number of alkyl halides is 2. The number of rotatable bonds is 6. The predicted octanol–water partition coefficient (Wildman–Crippen LogP) is 4.62. The number of aromatic nitrogens is 1. The Morgan fingerprint density at radius 3 is 2.50 bits per heavy atom. The SMILES string of the molecule is Nc1ccccc1NC(=O)Cc1csc(NC(=O)OC(F)(F)c2ccc(F)c(F)c2F)n1. The van der Waals surface area contributed by atoms with Gasteiger partial charge >= 0.3 is 12.2 Å². The number of para-hydroxylation sites is 2. The van der Waals surface area contributed by atoms with Crippen molar-refractivity contribution in [2.45, 2.75) is 12.5 Å². The zero-order valence-corrected chi connectivity index (χ0v) is 16.6. The summed E-state index contributed by atoms with van der Waals surface area (Å²) in [5, 5.41) is 5.65. The minimum absolute atomic E-state index is 0.196. The van der Waals surface area contributed by atoms with E-state index >= 15 is 0 Å². The number of nitrogen functional groups attached to an aromatic ring is 1. The van der Waals surface area contributed by atoms with Gasteiger partial charge in [-0.2, -0.15) is 8.78 Å². The summed E-state index contributed by atoms with van der Waals surface area (Å²) in [6, 6.07) is 7.06. The van der Waals surface area contributed by atoms with Crippen LogP contribution in [0.4, 0.5) is 43.3 Å². The molecule has 2 aromatic carbocycles. The number of amides is 2. The van der Waals surface area contributed by atoms with Crippen LogP contribution >= 0.6 is 11.3 Å². The second-order valence-electron chi connectivity index (χ2n) is 6.21. The number of hydrogen-bond donors (Lipinski definition) is 3. The van der Waals surface area contributed by atoms with Gasteiger partial charge < -0.3 is 15.8 Å². The van der Waals surface area contributed by atoms with Gasteiger partial charge in [0.15, 0.2) is 22.6 Å². The molecular formula is C19H13F5N4O3S. The van der Waals surface area contributed by atoms with Gasteiger partial charge in [0.25, 0.3) is 0 Å². The average molecular weight is 472 g/mol. The highest BCUT2D eigenvalue weighted by Crippen LogP contribution is 2.33. The van der Waals surface area contributed by atoms with Crippen molar-refractivity contribution in [1.29, 1.82) is 0 Å². The molecule has 168 valence electrons. The van der Waals surface area contributed by atoms with Gasteiger partial charge in [-0.1, -0.05) is 12.1 Å². The number of thiazole rings is 1. The molecular weight excluding hydrogens is 459 g/mol. The van der Waals surface area contributed by atoms with Crippen LogP contribution < -0.4 is 16.4 Å². The van der Waals surface area contributed by atoms with E-state index in [-0.39, 0.29) is 29.4 Å². The molecule has 1 heterocycles. The molecule has 0 aliphatic heterocycles. The number of nitrogens with zero attached hydrogens (tertiary/aromatic N) is 1. The molecule has 1 aromatic heterocycles. The lowest BCUT2D eigenvalue weighted by Gasteiger charge is -2.17. The first kappa shape index (κ1) is 22.9. The molecule has 0 fully saturated rings. The lowest BCUT2D eigenvalue weighted by Crippen LogP contribution is -2.27. The molecule has 13 heteroatoms. The summed E-state index contributed by atoms with van der Waals surface area (Å²) in [6.07, 6.45) is -6.54. The van der Waals surface area contributed by atoms with Crippen molar-refractivity contribution in [3.05, 3.63) is 70.5 Å². The Morgan fingerprint density at radius 2 is 1.78 bits per heavy atom. The van der Waals surface area contributed by atoms with Crippen LogP contribution in [0.2, 0.25) is 0 Å². The highest BCUT2D eigenvalue weighted by molar-refractivity contribution is 7.13. The van der Waals surface area contributed by atoms with Crippen LogP contribution in [0.25, 0.3) is 0 Å². The summed E-state index contributed by atoms with van der Waals surface area (Å²) in [4.78, 5) is 27.7. The minimum atomic E-state index is -4.60. The maximum atomic E-state index is 14.0. The Labute approximate surface area is 181 Å². The van der Waals surface area contributed by atoms with Crippen LogP contribution in [0.15, 0.2) is 41.8 Å². The lowest BCUT2D eigenvalue weighted by molar-refractivity contribution is -0.206. The van der Waals surface area contributed by atoms with E-state index < -0.39 is 41.1 Å². The molecule has 0 bridgehead atoms. The molecule has 0 spiro atoms. The fourth-order valence-corrected chi connectivity index (χ4v) is 3.15. The third-order valence-electron chi connectivity index (χ3n) is 3.91. The van der Waals surface area contributed by atoms with Crippen molar-refractivity contribution >= 4 is 39.8 Å². The summed E-state index contributed by atoms with van der Waals surface area (Å²) in [5.74, 6) is -6.47. The van der Waals surface area contributed by atoms with E-state index in [2.05, 4.69) is 15.0 Å². The van der Waals surface area contributed by atoms with Crippen LogP contribution in [0.3, 0.4) is 0 Å². The van der Waals surface area contributed by atoms with Crippen molar-refractivity contribution in [3.63, 3.8) is 0 Å². The molecule has 2 amide bonds. The van der Waals surface area contributed by atoms with Gasteiger partial charge in [0.1, 0.15) is 5.56 Å². The van der Waals surface area contributed by atoms with Crippen molar-refractivity contribution in [3.8, 4) is 0 Å². The van der Waals surface area contributed by atoms with Gasteiger partial charge in [-0.05, 0) is 24.3 Å². The molecule has 0 saturated heterocycles. The van der Waals surface area contributed by atoms with Crippen LogP contribution in [0, 0.1) is 17.5 Å². The molecule has 7 nitrogen and oxygen atoms in total. The quantitative estimate of drug-likeness (QED) is 0.276. The molecule has 0 aliphatic carbocycles. The number of ether oxygens (including phenoxy) is 1. The Hall–Kier alpha value is -3.74. The van der Waals surface area contributed by atoms with Gasteiger partial charge in [0, 0.05) is 5.38 Å². The molecule has 0 atom stereocenters. The fraction of sp³-hybridized carbons (Fsp3) is 0.105. The number of hydrogen-bond acceptors (Lipinski definition) is 6. The lowest BCUT2D eigenvalue weighted by atomic mass is 10.2. The monoisotopic (exact) mass is 472 g/mol. The van der Waals surface area contributed by atoms with E-state index in [1.807, 2.05) is 5.32 Å². The van der Waals surface area contributed by atoms with Crippen molar-refractivity contribution < 1.29 is 36.3 Å². The number of benzene rings is 2. The van der Waals surface area contributed by atoms with Crippen molar-refractivity contribution in [1.82, 2.24) is 4.98 Å². The number of anilines is 3. The summed E-state index contributed by atoms with van der Waals surface area (Å²) in [5.41, 5.74) is 5.01. The summed E-state index contributed by atoms with van der Waals surface area (Å²) in [6.45, 7) is 0. The molecule has 4 N–H and O–H groups in total. The topological polar surface area (TPSA) is 106 Å². The van der Waals surface area contributed by atoms with E-state index in [9.17, 15) is 31.5 Å². The number of carbonyl (C=O) groups excluding carboxylic acids is 2. The molecule has 32 heavy (non-hydrogen) atoms. The van der Waals surface area contributed by atoms with Crippen LogP contribution in [0.5, 0.6) is 0 Å². The average Bonchev–Trinajstić information content (AvgIpc) is 3.13. The maximum absolute atomic E-state index is 14.0. The largest absolute Gasteiger partial charge is 0.432 e. The van der Waals surface area contributed by atoms with Gasteiger partial charge in [-0.25, -0.2) is 22.9 Å². The maximum Gasteiger partial charge on any atom is 0.432 e. The standard InChI is InChI=1S/C19H13F5N4O3S/c20-11-6-5-10(15(21)16(11)22)19(23,24)31-18(30)28-17-26-9(8-32-17)7-14(29)27-13-4-2-1-3-12(13)25/h1-6,8H,7,25H2,(H,27,29)(H,26,28,30). The van der Waals surface area contributed by atoms with Gasteiger partial charge in [0.2, 0.25) is 5.91 Å². The van der Waals surface area contributed by atoms with Crippen LogP contribution in [-0.2, 0) is 22.1 Å². The minimum Gasteiger partial charge on any atom is -0.397 e. The highest BCUT2D eigenvalue weighted by atomic mass is 32.1. The highest BCUT2D eigenvalue weighted by Gasteiger charge is 2.41. The van der Waals surface area contributed by atoms with Crippen LogP contribution in [0.1, 0.15) is 11.3 Å². The Balaban J connectivity index is 1.60. The fourth-order valence-electron chi connectivity index (χ4n) is 2.45. The van der Waals surface area contributed by atoms with E-state index in [1.165, 1.54) is 5.38 Å². The molecule has 0 saturated carbocycles. The molecule has 0 radical (unpaired) electrons. The first-order valence-electron chi connectivity index (χ1n) is 8.67. The number of nitrogens with two attached hydrogens (primary N) is 1. The Kier molecular flexibility index (Phi) is 6.58. The number of nitrogens with one attached hydrogen (secondary N) is 2. The second kappa shape index (κ2) is 9.18. The van der Waals surface area contributed by atoms with E-state index in [1.54, 1.807) is 24.3 Å². The summed E-state index contributed by atoms with van der Waals surface area (Å²) < 4.78 is 71.5. The molecule has 3 aromatic rings. The Bertz CT molecular complexity index is 1170. The zero-order valence-electron chi connectivity index (χ0n) is 15.8. The Morgan fingerprint density at radius 1 is 1.06 bits per heavy atom. The first-order valence-corrected chi connectivity index (χ1v) is 9.55. The van der Waals surface area contributed by atoms with E-state index in [0.717, 1.165) is 11.3 Å². The summed E-state index contributed by atoms with van der Waals surface area (Å²) >= 11 is 0.802. The van der Waals surface area contributed by atoms with E-state index in [4.69, 9.17) is 5.73 Å². The predicted molar refractivity (Wildman–Crippen MR) is 106 cm³/mol. The van der Waals surface area contributed by atoms with Crippen LogP contribution in [-0.4, -0.2) is 17.0 Å². The second-order valence-corrected chi connectivity index (χ2v) is 7.07. The van der Waals surface area contributed by atoms with Crippen molar-refractivity contribution in [2.75, 3.05) is 16.4 Å². The summed E-state index contributed by atoms with van der Waals surface area (Å²) in [7, 11) is 0. The molecule has 0 aliphatic rings. The molecule has 3 rings (SSSR count). The third kappa shape index (κ3) is 5.29. The first-order chi connectivity index (χ1) is 15.1. The zero-order chi connectivity index (χ0) is 23.5. The number of halogens is 5. The molecule has 0 unspecified atom stereocenters. The van der Waals surface area contributed by atoms with Gasteiger partial charge in [0.05, 0.1) is 23.5 Å². The third-order valence-corrected chi connectivity index (χ3v) is 4.71.